The van der Waals surface area contributed by atoms with Gasteiger partial charge in [0.1, 0.15) is 15.6 Å². The fourth-order valence-electron chi connectivity index (χ4n) is 0.571. The van der Waals surface area contributed by atoms with Gasteiger partial charge in [0.2, 0.25) is 0 Å². The monoisotopic (exact) mass is 222 g/mol. The van der Waals surface area contributed by atoms with Gasteiger partial charge in [-0.3, -0.25) is 0 Å². The summed E-state index contributed by atoms with van der Waals surface area (Å²) in [4.78, 5) is 0. The largest absolute Gasteiger partial charge is 1.00 e. The van der Waals surface area contributed by atoms with Crippen LogP contribution in [0.3, 0.4) is 0 Å². The molecule has 8 heteroatoms. The van der Waals surface area contributed by atoms with Gasteiger partial charge in [-0.25, -0.2) is 8.42 Å². The molecule has 0 bridgehead atoms. The third kappa shape index (κ3) is 6.81. The molecule has 0 fully saturated rings. The van der Waals surface area contributed by atoms with Gasteiger partial charge in [0.25, 0.3) is 0 Å². The molecule has 0 rings (SSSR count). The Kier molecular flexibility index (Phi) is 8.90. The van der Waals surface area contributed by atoms with Crippen LogP contribution in [0.25, 0.3) is 0 Å². The number of ether oxygens (including phenoxy) is 2. The van der Waals surface area contributed by atoms with Crippen LogP contribution in [0.5, 0.6) is 0 Å². The first-order valence-corrected chi connectivity index (χ1v) is 4.57. The quantitative estimate of drug-likeness (QED) is 0.288. The Labute approximate surface area is 99.3 Å². The van der Waals surface area contributed by atoms with E-state index in [0.717, 1.165) is 0 Å². The zero-order chi connectivity index (χ0) is 9.78. The van der Waals surface area contributed by atoms with Gasteiger partial charge in [0, 0.05) is 20.6 Å². The second-order valence-electron chi connectivity index (χ2n) is 2.08. The molecule has 13 heavy (non-hydrogen) atoms. The third-order valence-corrected chi connectivity index (χ3v) is 2.11. The molecular formula is C5H11NaO6S. The molecular weight excluding hydrogens is 211 g/mol. The Hall–Kier alpha value is 0.790. The van der Waals surface area contributed by atoms with Crippen molar-refractivity contribution in [3.05, 3.63) is 0 Å². The van der Waals surface area contributed by atoms with Crippen molar-refractivity contribution in [2.45, 2.75) is 18.1 Å². The molecule has 6 nitrogen and oxygen atoms in total. The molecule has 0 aromatic carbocycles. The first-order valence-electron chi connectivity index (χ1n) is 3.10. The van der Waals surface area contributed by atoms with Crippen LogP contribution in [0.1, 0.15) is 6.42 Å². The van der Waals surface area contributed by atoms with Gasteiger partial charge in [0.05, 0.1) is 0 Å². The minimum absolute atomic E-state index is 0. The van der Waals surface area contributed by atoms with Gasteiger partial charge in [-0.2, -0.15) is 0 Å². The molecule has 1 atom stereocenters. The Bertz CT molecular complexity index is 211. The minimum atomic E-state index is -4.67. The predicted octanol–water partition coefficient (Wildman–Crippen LogP) is -4.14. The molecule has 0 aliphatic heterocycles. The van der Waals surface area contributed by atoms with E-state index in [1.807, 2.05) is 0 Å². The molecule has 74 valence electrons. The normalized spacial score (nSPS) is 13.9. The van der Waals surface area contributed by atoms with E-state index < -0.39 is 28.3 Å². The van der Waals surface area contributed by atoms with E-state index in [2.05, 4.69) is 9.47 Å². The molecule has 0 saturated heterocycles. The number of methoxy groups -OCH3 is 2. The van der Waals surface area contributed by atoms with Crippen molar-refractivity contribution in [1.29, 1.82) is 0 Å². The fourth-order valence-corrected chi connectivity index (χ4v) is 0.964. The average Bonchev–Trinajstić information content (AvgIpc) is 1.97. The molecule has 0 spiro atoms. The number of aliphatic hydroxyl groups is 1. The van der Waals surface area contributed by atoms with E-state index in [0.29, 0.717) is 0 Å². The smallest absolute Gasteiger partial charge is 0.746 e. The summed E-state index contributed by atoms with van der Waals surface area (Å²) in [7, 11) is -2.12. The topological polar surface area (TPSA) is 95.9 Å². The summed E-state index contributed by atoms with van der Waals surface area (Å²) < 4.78 is 39.7. The third-order valence-electron chi connectivity index (χ3n) is 1.25. The molecule has 0 aliphatic rings. The molecule has 0 aromatic heterocycles. The summed E-state index contributed by atoms with van der Waals surface area (Å²) >= 11 is 0. The Morgan fingerprint density at radius 1 is 1.38 bits per heavy atom. The maximum Gasteiger partial charge on any atom is 1.00 e. The minimum Gasteiger partial charge on any atom is -0.746 e. The molecule has 1 N–H and O–H groups in total. The Balaban J connectivity index is 0. The van der Waals surface area contributed by atoms with E-state index in [4.69, 9.17) is 5.11 Å². The van der Waals surface area contributed by atoms with Gasteiger partial charge < -0.3 is 19.1 Å². The van der Waals surface area contributed by atoms with E-state index in [1.165, 1.54) is 14.2 Å². The van der Waals surface area contributed by atoms with Crippen molar-refractivity contribution < 1.29 is 57.1 Å². The fraction of sp³-hybridized carbons (Fsp3) is 1.00. The molecule has 0 radical (unpaired) electrons. The van der Waals surface area contributed by atoms with Crippen LogP contribution < -0.4 is 29.6 Å². The zero-order valence-electron chi connectivity index (χ0n) is 7.76. The Morgan fingerprint density at radius 3 is 2.00 bits per heavy atom. The maximum atomic E-state index is 10.2. The Morgan fingerprint density at radius 2 is 1.77 bits per heavy atom. The summed E-state index contributed by atoms with van der Waals surface area (Å²) in [5, 5.41) is 8.76. The van der Waals surface area contributed by atoms with Gasteiger partial charge in [-0.1, -0.05) is 0 Å². The number of hydrogen-bond donors (Lipinski definition) is 1. The summed E-state index contributed by atoms with van der Waals surface area (Å²) in [5.74, 6) is 0. The number of aliphatic hydroxyl groups excluding tert-OH is 1. The summed E-state index contributed by atoms with van der Waals surface area (Å²) in [6.45, 7) is 0. The van der Waals surface area contributed by atoms with Crippen molar-refractivity contribution in [3.8, 4) is 0 Å². The van der Waals surface area contributed by atoms with Crippen molar-refractivity contribution in [2.24, 2.45) is 0 Å². The van der Waals surface area contributed by atoms with Crippen molar-refractivity contribution in [1.82, 2.24) is 0 Å². The SMILES string of the molecule is COC(CC(O)S(=O)(=O)[O-])OC.[Na+]. The van der Waals surface area contributed by atoms with Crippen molar-refractivity contribution >= 4 is 10.1 Å². The second kappa shape index (κ2) is 7.13. The van der Waals surface area contributed by atoms with Crippen LogP contribution in [-0.4, -0.2) is 44.0 Å². The van der Waals surface area contributed by atoms with Crippen LogP contribution in [-0.2, 0) is 19.6 Å². The summed E-state index contributed by atoms with van der Waals surface area (Å²) in [6, 6.07) is 0. The molecule has 0 saturated carbocycles. The second-order valence-corrected chi connectivity index (χ2v) is 3.61. The first kappa shape index (κ1) is 16.2. The molecule has 0 heterocycles. The van der Waals surface area contributed by atoms with Gasteiger partial charge in [-0.15, -0.1) is 0 Å². The van der Waals surface area contributed by atoms with Crippen LogP contribution in [0.4, 0.5) is 0 Å². The predicted molar refractivity (Wildman–Crippen MR) is 38.1 cm³/mol. The van der Waals surface area contributed by atoms with Gasteiger partial charge >= 0.3 is 29.6 Å². The first-order chi connectivity index (χ1) is 5.41. The van der Waals surface area contributed by atoms with Crippen LogP contribution >= 0.6 is 0 Å². The van der Waals surface area contributed by atoms with Gasteiger partial charge in [-0.05, 0) is 0 Å². The van der Waals surface area contributed by atoms with E-state index in [-0.39, 0.29) is 29.6 Å². The van der Waals surface area contributed by atoms with Crippen LogP contribution in [0.2, 0.25) is 0 Å². The van der Waals surface area contributed by atoms with E-state index in [9.17, 15) is 13.0 Å². The molecule has 0 amide bonds. The standard InChI is InChI=1S/C5H12O6S.Na/c1-10-5(11-2)3-4(6)12(7,8)9;/h4-6H,3H2,1-2H3,(H,7,8,9);/q;+1/p-1. The van der Waals surface area contributed by atoms with Crippen LogP contribution in [0, 0.1) is 0 Å². The van der Waals surface area contributed by atoms with E-state index in [1.54, 1.807) is 0 Å². The summed E-state index contributed by atoms with van der Waals surface area (Å²) in [5.41, 5.74) is -1.98. The molecule has 1 unspecified atom stereocenters. The molecule has 0 aromatic rings. The van der Waals surface area contributed by atoms with Crippen molar-refractivity contribution in [2.75, 3.05) is 14.2 Å². The number of rotatable bonds is 5. The zero-order valence-corrected chi connectivity index (χ0v) is 10.6. The number of hydrogen-bond acceptors (Lipinski definition) is 6. The average molecular weight is 222 g/mol. The molecule has 0 aliphatic carbocycles. The van der Waals surface area contributed by atoms with Gasteiger partial charge in [0.15, 0.2) is 6.29 Å². The van der Waals surface area contributed by atoms with Crippen LogP contribution in [0.15, 0.2) is 0 Å². The summed E-state index contributed by atoms with van der Waals surface area (Å²) in [6.07, 6.45) is -1.28. The maximum absolute atomic E-state index is 10.2. The van der Waals surface area contributed by atoms with E-state index >= 15 is 0 Å². The van der Waals surface area contributed by atoms with Crippen molar-refractivity contribution in [3.63, 3.8) is 0 Å².